The number of aromatic nitrogens is 3. The van der Waals surface area contributed by atoms with E-state index in [2.05, 4.69) is 72.9 Å². The van der Waals surface area contributed by atoms with E-state index in [1.807, 2.05) is 43.0 Å². The number of benzene rings is 2. The average molecular weight is 1190 g/mol. The number of anilines is 4. The van der Waals surface area contributed by atoms with Gasteiger partial charge in [0.05, 0.1) is 21.8 Å². The molecular formula is C54H77N10O14S3+. The summed E-state index contributed by atoms with van der Waals surface area (Å²) >= 11 is 0. The fraction of sp³-hybridized carbons (Fsp3) is 0.556. The molecule has 1 unspecified atom stereocenters. The second kappa shape index (κ2) is 28.5. The molecule has 1 fully saturated rings. The van der Waals surface area contributed by atoms with Crippen LogP contribution in [0, 0.1) is 0 Å². The van der Waals surface area contributed by atoms with Crippen molar-refractivity contribution in [1.29, 1.82) is 0 Å². The van der Waals surface area contributed by atoms with Crippen LogP contribution in [-0.2, 0) is 65.2 Å². The molecule has 444 valence electrons. The molecule has 3 aliphatic heterocycles. The lowest BCUT2D eigenvalue weighted by Gasteiger charge is -2.27. The Bertz CT molecular complexity index is 3190. The first-order valence-corrected chi connectivity index (χ1v) is 32.2. The summed E-state index contributed by atoms with van der Waals surface area (Å²) < 4.78 is 101. The SMILES string of the molecule is CCCC[N+]1=C(/C=C/C=C2/N(CCCS(=O)(=O)O)c3ccc(S(=O)(=O)O)cc3C2(C)C)C(C)(CCCCCC(=O)NCCCNc2nc(NCCCCCC(=O)ON3C(=O)CCC3=O)nc(NCCCS(=O)(=O)O)n2)c2ccccc21. The van der Waals surface area contributed by atoms with E-state index in [1.54, 1.807) is 6.07 Å². The van der Waals surface area contributed by atoms with E-state index in [9.17, 15) is 53.5 Å². The second-order valence-electron chi connectivity index (χ2n) is 21.1. The summed E-state index contributed by atoms with van der Waals surface area (Å²) in [6, 6.07) is 12.8. The number of unbranched alkanes of at least 4 members (excludes halogenated alkanes) is 5. The maximum absolute atomic E-state index is 13.0. The summed E-state index contributed by atoms with van der Waals surface area (Å²) in [4.78, 5) is 68.4. The Labute approximate surface area is 474 Å². The van der Waals surface area contributed by atoms with Crippen LogP contribution in [0.2, 0.25) is 0 Å². The Morgan fingerprint density at radius 2 is 1.32 bits per heavy atom. The number of nitrogens with zero attached hydrogens (tertiary/aromatic N) is 6. The molecule has 3 aliphatic rings. The van der Waals surface area contributed by atoms with Crippen molar-refractivity contribution in [2.75, 3.05) is 71.6 Å². The van der Waals surface area contributed by atoms with Crippen LogP contribution in [0.1, 0.15) is 142 Å². The Morgan fingerprint density at radius 3 is 1.96 bits per heavy atom. The van der Waals surface area contributed by atoms with Gasteiger partial charge < -0.3 is 31.0 Å². The van der Waals surface area contributed by atoms with E-state index >= 15 is 0 Å². The first-order chi connectivity index (χ1) is 38.3. The van der Waals surface area contributed by atoms with Gasteiger partial charge in [-0.05, 0) is 81.7 Å². The number of amides is 3. The standard InChI is InChI=1S/C54H76N10O14S3/c1-5-6-34-63-42-20-12-11-19-40(42)54(4,45(63)22-15-21-44-53(2,3)41-38-39(81(75,76)77)25-26-43(41)62(44)35-18-37-80(72,73)74)29-13-7-9-23-46(65)55-31-16-32-57-51-59-50(60-52(61-51)58-33-17-36-79(69,70)71)56-30-14-8-10-24-49(68)78-64-47(66)27-28-48(64)67/h11-12,15,19-22,25-26,38H,5-10,13-14,16-18,23-24,27-37H2,1-4H3,(H6-,55,56,57,58,59,60,61,65,69,70,71,72,73,74,75,76,77)/p+1. The van der Waals surface area contributed by atoms with Crippen molar-refractivity contribution in [3.63, 3.8) is 0 Å². The number of rotatable bonds is 34. The molecule has 0 aliphatic carbocycles. The Kier molecular flexibility index (Phi) is 22.5. The number of allylic oxidation sites excluding steroid dienone is 4. The summed E-state index contributed by atoms with van der Waals surface area (Å²) in [6.45, 7) is 10.7. The summed E-state index contributed by atoms with van der Waals surface area (Å²) in [7, 11) is -12.9. The summed E-state index contributed by atoms with van der Waals surface area (Å²) in [5, 5.41) is 12.7. The van der Waals surface area contributed by atoms with Crippen LogP contribution >= 0.6 is 0 Å². The fourth-order valence-electron chi connectivity index (χ4n) is 10.2. The number of para-hydroxylation sites is 1. The van der Waals surface area contributed by atoms with Gasteiger partial charge in [-0.2, -0.15) is 44.8 Å². The second-order valence-corrected chi connectivity index (χ2v) is 25.6. The highest BCUT2D eigenvalue weighted by molar-refractivity contribution is 7.86. The number of hydroxylamine groups is 2. The highest BCUT2D eigenvalue weighted by atomic mass is 32.2. The lowest BCUT2D eigenvalue weighted by molar-refractivity contribution is -0.438. The van der Waals surface area contributed by atoms with E-state index in [4.69, 9.17) is 9.39 Å². The zero-order valence-electron chi connectivity index (χ0n) is 46.5. The lowest BCUT2D eigenvalue weighted by Crippen LogP contribution is -2.31. The fourth-order valence-corrected chi connectivity index (χ4v) is 11.7. The minimum absolute atomic E-state index is 0.0167. The molecule has 6 rings (SSSR count). The van der Waals surface area contributed by atoms with Gasteiger partial charge in [0.15, 0.2) is 5.71 Å². The predicted octanol–water partition coefficient (Wildman–Crippen LogP) is 6.63. The molecule has 3 amide bonds. The maximum Gasteiger partial charge on any atom is 0.333 e. The number of hydrogen-bond donors (Lipinski definition) is 7. The molecule has 1 saturated heterocycles. The van der Waals surface area contributed by atoms with Crippen molar-refractivity contribution in [3.8, 4) is 0 Å². The van der Waals surface area contributed by atoms with Crippen LogP contribution in [0.25, 0.3) is 0 Å². The van der Waals surface area contributed by atoms with Gasteiger partial charge in [-0.15, -0.1) is 5.06 Å². The molecule has 4 heterocycles. The quantitative estimate of drug-likeness (QED) is 0.0143. The molecule has 2 aromatic carbocycles. The van der Waals surface area contributed by atoms with Gasteiger partial charge in [-0.25, -0.2) is 4.79 Å². The molecule has 0 radical (unpaired) electrons. The van der Waals surface area contributed by atoms with Crippen LogP contribution < -0.4 is 26.2 Å². The number of hydrogen-bond acceptors (Lipinski definition) is 18. The molecule has 0 bridgehead atoms. The summed E-state index contributed by atoms with van der Waals surface area (Å²) in [5.74, 6) is -2.10. The number of nitrogens with one attached hydrogen (secondary N) is 4. The number of imide groups is 1. The van der Waals surface area contributed by atoms with Crippen molar-refractivity contribution in [1.82, 2.24) is 25.3 Å². The zero-order valence-corrected chi connectivity index (χ0v) is 48.9. The molecule has 0 spiro atoms. The molecule has 27 heteroatoms. The Morgan fingerprint density at radius 1 is 0.716 bits per heavy atom. The molecule has 81 heavy (non-hydrogen) atoms. The van der Waals surface area contributed by atoms with E-state index in [1.165, 1.54) is 17.7 Å². The molecule has 0 saturated carbocycles. The van der Waals surface area contributed by atoms with Crippen LogP contribution in [0.5, 0.6) is 0 Å². The van der Waals surface area contributed by atoms with Crippen LogP contribution in [0.4, 0.5) is 29.2 Å². The van der Waals surface area contributed by atoms with Crippen LogP contribution in [0.3, 0.4) is 0 Å². The van der Waals surface area contributed by atoms with Crippen molar-refractivity contribution in [3.05, 3.63) is 77.5 Å². The molecule has 1 aromatic heterocycles. The maximum atomic E-state index is 13.0. The monoisotopic (exact) mass is 1190 g/mol. The van der Waals surface area contributed by atoms with Gasteiger partial charge in [-0.1, -0.05) is 70.7 Å². The van der Waals surface area contributed by atoms with E-state index in [0.29, 0.717) is 74.5 Å². The van der Waals surface area contributed by atoms with E-state index in [-0.39, 0.29) is 79.3 Å². The number of fused-ring (bicyclic) bond motifs is 2. The van der Waals surface area contributed by atoms with Gasteiger partial charge in [0, 0.05) is 99.3 Å². The van der Waals surface area contributed by atoms with Crippen molar-refractivity contribution >= 4 is 89.0 Å². The van der Waals surface area contributed by atoms with Crippen LogP contribution in [-0.4, -0.2) is 144 Å². The van der Waals surface area contributed by atoms with Gasteiger partial charge in [-0.3, -0.25) is 28.0 Å². The minimum atomic E-state index is -4.51. The molecule has 1 atom stereocenters. The first-order valence-electron chi connectivity index (χ1n) is 27.5. The minimum Gasteiger partial charge on any atom is -0.356 e. The Hall–Kier alpha value is -6.39. The van der Waals surface area contributed by atoms with Gasteiger partial charge in [0.2, 0.25) is 29.4 Å². The van der Waals surface area contributed by atoms with Crippen molar-refractivity contribution in [2.24, 2.45) is 0 Å². The molecule has 3 aromatic rings. The third-order valence-corrected chi connectivity index (χ3v) is 16.9. The summed E-state index contributed by atoms with van der Waals surface area (Å²) in [6.07, 6.45) is 14.0. The summed E-state index contributed by atoms with van der Waals surface area (Å²) in [5.41, 5.74) is 4.40. The molecular weight excluding hydrogens is 1110 g/mol. The zero-order chi connectivity index (χ0) is 59.0. The lowest BCUT2D eigenvalue weighted by atomic mass is 9.75. The third kappa shape index (κ3) is 18.3. The first kappa shape index (κ1) is 63.8. The molecule has 7 N–H and O–H groups in total. The smallest absolute Gasteiger partial charge is 0.333 e. The van der Waals surface area contributed by atoms with Crippen molar-refractivity contribution in [2.45, 2.75) is 146 Å². The van der Waals surface area contributed by atoms with E-state index < -0.39 is 65.1 Å². The van der Waals surface area contributed by atoms with Crippen LogP contribution in [0.15, 0.2) is 71.3 Å². The van der Waals surface area contributed by atoms with Gasteiger partial charge >= 0.3 is 5.97 Å². The third-order valence-electron chi connectivity index (χ3n) is 14.4. The number of carbonyl (C=O) groups is 4. The average Bonchev–Trinajstić information content (AvgIpc) is 3.15. The number of carbonyl (C=O) groups excluding carboxylic acids is 4. The largest absolute Gasteiger partial charge is 0.356 e. The van der Waals surface area contributed by atoms with Gasteiger partial charge in [0.1, 0.15) is 6.54 Å². The van der Waals surface area contributed by atoms with E-state index in [0.717, 1.165) is 55.7 Å². The highest BCUT2D eigenvalue weighted by Gasteiger charge is 2.47. The van der Waals surface area contributed by atoms with Crippen molar-refractivity contribution < 1.29 is 67.5 Å². The Balaban J connectivity index is 1.01. The topological polar surface area (TPSA) is 337 Å². The van der Waals surface area contributed by atoms with Gasteiger partial charge in [0.25, 0.3) is 42.2 Å². The predicted molar refractivity (Wildman–Crippen MR) is 306 cm³/mol. The normalized spacial score (nSPS) is 17.5. The molecule has 24 nitrogen and oxygen atoms in total. The highest BCUT2D eigenvalue weighted by Crippen LogP contribution is 2.49.